The lowest BCUT2D eigenvalue weighted by Crippen LogP contribution is -2.17. The summed E-state index contributed by atoms with van der Waals surface area (Å²) >= 11 is 3.62. The molecular formula is C16H20BrNO. The van der Waals surface area contributed by atoms with Crippen molar-refractivity contribution in [2.75, 3.05) is 0 Å². The Hall–Kier alpha value is -0.800. The second-order valence-electron chi connectivity index (χ2n) is 5.42. The van der Waals surface area contributed by atoms with E-state index < -0.39 is 0 Å². The lowest BCUT2D eigenvalue weighted by atomic mass is 10.1. The Morgan fingerprint density at radius 1 is 1.26 bits per heavy atom. The minimum atomic E-state index is 0.249. The topological polar surface area (TPSA) is 21.3 Å². The first kappa shape index (κ1) is 13.2. The van der Waals surface area contributed by atoms with E-state index in [0.717, 1.165) is 29.2 Å². The summed E-state index contributed by atoms with van der Waals surface area (Å²) in [5.74, 6) is 0.979. The van der Waals surface area contributed by atoms with Crippen LogP contribution < -0.4 is 10.1 Å². The van der Waals surface area contributed by atoms with Crippen molar-refractivity contribution in [2.45, 2.75) is 50.8 Å². The molecule has 1 fully saturated rings. The highest BCUT2D eigenvalue weighted by molar-refractivity contribution is 9.10. The van der Waals surface area contributed by atoms with Gasteiger partial charge in [0.15, 0.2) is 0 Å². The predicted octanol–water partition coefficient (Wildman–Crippen LogP) is 4.19. The number of ether oxygens (including phenoxy) is 1. The fourth-order valence-electron chi connectivity index (χ4n) is 2.36. The van der Waals surface area contributed by atoms with Gasteiger partial charge in [0.25, 0.3) is 0 Å². The molecular weight excluding hydrogens is 302 g/mol. The van der Waals surface area contributed by atoms with Gasteiger partial charge < -0.3 is 10.1 Å². The fraction of sp³-hybridized carbons (Fsp3) is 0.500. The van der Waals surface area contributed by atoms with Crippen LogP contribution in [0.3, 0.4) is 0 Å². The molecule has 0 saturated heterocycles. The molecule has 1 aromatic rings. The van der Waals surface area contributed by atoms with Gasteiger partial charge in [0.2, 0.25) is 0 Å². The van der Waals surface area contributed by atoms with Crippen LogP contribution in [0.15, 0.2) is 34.8 Å². The van der Waals surface area contributed by atoms with E-state index in [4.69, 9.17) is 4.74 Å². The lowest BCUT2D eigenvalue weighted by molar-refractivity contribution is 0.229. The molecule has 1 atom stereocenters. The van der Waals surface area contributed by atoms with Gasteiger partial charge in [-0.25, -0.2) is 0 Å². The van der Waals surface area contributed by atoms with Crippen LogP contribution >= 0.6 is 15.9 Å². The van der Waals surface area contributed by atoms with Crippen molar-refractivity contribution >= 4 is 15.9 Å². The predicted molar refractivity (Wildman–Crippen MR) is 81.4 cm³/mol. The summed E-state index contributed by atoms with van der Waals surface area (Å²) in [7, 11) is 0. The number of halogens is 1. The molecule has 1 aromatic carbocycles. The fourth-order valence-corrected chi connectivity index (χ4v) is 2.74. The number of benzene rings is 1. The van der Waals surface area contributed by atoms with E-state index in [2.05, 4.69) is 45.5 Å². The largest absolute Gasteiger partial charge is 0.486 e. The summed E-state index contributed by atoms with van der Waals surface area (Å²) < 4.78 is 7.20. The van der Waals surface area contributed by atoms with Crippen molar-refractivity contribution in [3.8, 4) is 5.75 Å². The number of rotatable bonds is 5. The van der Waals surface area contributed by atoms with Gasteiger partial charge in [0.05, 0.1) is 0 Å². The van der Waals surface area contributed by atoms with Crippen LogP contribution in [0.2, 0.25) is 0 Å². The number of hydrogen-bond donors (Lipinski definition) is 1. The van der Waals surface area contributed by atoms with Crippen LogP contribution in [0, 0.1) is 0 Å². The molecule has 1 saturated carbocycles. The third-order valence-electron chi connectivity index (χ3n) is 3.67. The Balaban J connectivity index is 1.65. The molecule has 0 aliphatic heterocycles. The highest BCUT2D eigenvalue weighted by Crippen LogP contribution is 2.26. The summed E-state index contributed by atoms with van der Waals surface area (Å²) in [6.45, 7) is 0.920. The van der Waals surface area contributed by atoms with Gasteiger partial charge in [-0.3, -0.25) is 0 Å². The Kier molecular flexibility index (Phi) is 4.24. The first-order chi connectivity index (χ1) is 9.31. The smallest absolute Gasteiger partial charge is 0.120 e. The second-order valence-corrected chi connectivity index (χ2v) is 6.28. The van der Waals surface area contributed by atoms with Gasteiger partial charge in [0, 0.05) is 17.1 Å². The quantitative estimate of drug-likeness (QED) is 0.821. The zero-order valence-electron chi connectivity index (χ0n) is 11.1. The second kappa shape index (κ2) is 6.10. The van der Waals surface area contributed by atoms with Crippen LogP contribution in [0.5, 0.6) is 5.75 Å². The average Bonchev–Trinajstić information content (AvgIpc) is 3.25. The van der Waals surface area contributed by atoms with E-state index in [0.29, 0.717) is 0 Å². The molecule has 3 heteroatoms. The number of hydrogen-bond acceptors (Lipinski definition) is 2. The maximum absolute atomic E-state index is 6.04. The van der Waals surface area contributed by atoms with Crippen molar-refractivity contribution in [1.29, 1.82) is 0 Å². The standard InChI is InChI=1S/C16H20BrNO/c17-16-9-8-15(19-14-4-2-1-3-5-14)10-12(16)11-18-13-6-7-13/h2,4,8-10,13-14,18H,1,3,5-7,11H2. The molecule has 0 amide bonds. The van der Waals surface area contributed by atoms with E-state index in [1.54, 1.807) is 0 Å². The first-order valence-electron chi connectivity index (χ1n) is 7.16. The van der Waals surface area contributed by atoms with Crippen LogP contribution in [0.25, 0.3) is 0 Å². The van der Waals surface area contributed by atoms with Gasteiger partial charge in [-0.1, -0.05) is 22.0 Å². The lowest BCUT2D eigenvalue weighted by Gasteiger charge is -2.19. The zero-order chi connectivity index (χ0) is 13.1. The molecule has 2 aliphatic rings. The number of allylic oxidation sites excluding steroid dienone is 1. The minimum absolute atomic E-state index is 0.249. The average molecular weight is 322 g/mol. The summed E-state index contributed by atoms with van der Waals surface area (Å²) in [5.41, 5.74) is 1.28. The molecule has 1 unspecified atom stereocenters. The summed E-state index contributed by atoms with van der Waals surface area (Å²) in [6, 6.07) is 7.03. The van der Waals surface area contributed by atoms with Gasteiger partial charge >= 0.3 is 0 Å². The third-order valence-corrected chi connectivity index (χ3v) is 4.45. The minimum Gasteiger partial charge on any atom is -0.486 e. The van der Waals surface area contributed by atoms with Crippen molar-refractivity contribution in [3.63, 3.8) is 0 Å². The molecule has 0 bridgehead atoms. The van der Waals surface area contributed by atoms with Crippen molar-refractivity contribution in [2.24, 2.45) is 0 Å². The van der Waals surface area contributed by atoms with Crippen molar-refractivity contribution in [1.82, 2.24) is 5.32 Å². The highest BCUT2D eigenvalue weighted by Gasteiger charge is 2.20. The molecule has 19 heavy (non-hydrogen) atoms. The van der Waals surface area contributed by atoms with Crippen molar-refractivity contribution < 1.29 is 4.74 Å². The molecule has 2 aliphatic carbocycles. The molecule has 0 heterocycles. The molecule has 0 aromatic heterocycles. The van der Waals surface area contributed by atoms with E-state index in [1.165, 1.54) is 31.2 Å². The highest BCUT2D eigenvalue weighted by atomic mass is 79.9. The van der Waals surface area contributed by atoms with E-state index in [-0.39, 0.29) is 6.10 Å². The van der Waals surface area contributed by atoms with Crippen LogP contribution in [-0.4, -0.2) is 12.1 Å². The number of nitrogens with one attached hydrogen (secondary N) is 1. The summed E-state index contributed by atoms with van der Waals surface area (Å²) in [6.07, 6.45) is 10.9. The normalized spacial score (nSPS) is 22.5. The Morgan fingerprint density at radius 2 is 2.16 bits per heavy atom. The zero-order valence-corrected chi connectivity index (χ0v) is 12.7. The Labute approximate surface area is 123 Å². The van der Waals surface area contributed by atoms with Gasteiger partial charge in [-0.2, -0.15) is 0 Å². The van der Waals surface area contributed by atoms with E-state index >= 15 is 0 Å². The first-order valence-corrected chi connectivity index (χ1v) is 7.96. The Bertz CT molecular complexity index is 468. The molecule has 102 valence electrons. The third kappa shape index (κ3) is 3.83. The van der Waals surface area contributed by atoms with Crippen LogP contribution in [0.1, 0.15) is 37.7 Å². The van der Waals surface area contributed by atoms with Gasteiger partial charge in [-0.05, 0) is 61.9 Å². The SMILES string of the molecule is Brc1ccc(OC2C=CCCC2)cc1CNC1CC1. The molecule has 1 N–H and O–H groups in total. The van der Waals surface area contributed by atoms with E-state index in [9.17, 15) is 0 Å². The van der Waals surface area contributed by atoms with Crippen LogP contribution in [0.4, 0.5) is 0 Å². The molecule has 0 radical (unpaired) electrons. The van der Waals surface area contributed by atoms with Gasteiger partial charge in [0.1, 0.15) is 11.9 Å². The Morgan fingerprint density at radius 3 is 2.89 bits per heavy atom. The van der Waals surface area contributed by atoms with E-state index in [1.807, 2.05) is 6.07 Å². The maximum Gasteiger partial charge on any atom is 0.120 e. The maximum atomic E-state index is 6.04. The van der Waals surface area contributed by atoms with Gasteiger partial charge in [-0.15, -0.1) is 0 Å². The summed E-state index contributed by atoms with van der Waals surface area (Å²) in [4.78, 5) is 0. The summed E-state index contributed by atoms with van der Waals surface area (Å²) in [5, 5.41) is 3.55. The van der Waals surface area contributed by atoms with Crippen LogP contribution in [-0.2, 0) is 6.54 Å². The molecule has 3 rings (SSSR count). The van der Waals surface area contributed by atoms with Crippen molar-refractivity contribution in [3.05, 3.63) is 40.4 Å². The molecule has 0 spiro atoms. The molecule has 2 nitrogen and oxygen atoms in total. The monoisotopic (exact) mass is 321 g/mol.